The topological polar surface area (TPSA) is 281 Å². The molecule has 0 unspecified atom stereocenters. The van der Waals surface area contributed by atoms with Crippen LogP contribution in [0.5, 0.6) is 0 Å². The Hall–Kier alpha value is -1.62. The first-order chi connectivity index (χ1) is 23.8. The molecule has 0 bridgehead atoms. The van der Waals surface area contributed by atoms with Crippen LogP contribution in [0, 0.1) is 0 Å². The predicted molar refractivity (Wildman–Crippen MR) is 167 cm³/mol. The van der Waals surface area contributed by atoms with Crippen molar-refractivity contribution in [3.05, 3.63) is 0 Å². The Kier molecular flexibility index (Phi) is 18.1. The van der Waals surface area contributed by atoms with Crippen molar-refractivity contribution in [3.63, 3.8) is 0 Å². The van der Waals surface area contributed by atoms with Gasteiger partial charge in [-0.1, -0.05) is 52.4 Å². The van der Waals surface area contributed by atoms with Crippen LogP contribution in [0.1, 0.15) is 78.1 Å². The maximum absolute atomic E-state index is 12.7. The summed E-state index contributed by atoms with van der Waals surface area (Å²) in [5.74, 6) is -1.31. The lowest BCUT2D eigenvalue weighted by Crippen LogP contribution is -2.65. The molecule has 0 saturated carbocycles. The highest BCUT2D eigenvalue weighted by Crippen LogP contribution is 2.31. The summed E-state index contributed by atoms with van der Waals surface area (Å²) >= 11 is 0. The molecule has 0 aromatic rings. The van der Waals surface area contributed by atoms with Crippen LogP contribution in [0.3, 0.4) is 0 Å². The molecule has 3 aliphatic heterocycles. The van der Waals surface area contributed by atoms with Crippen LogP contribution in [0.2, 0.25) is 0 Å². The molecular weight excluding hydrogens is 672 g/mol. The normalized spacial score (nSPS) is 39.2. The highest BCUT2D eigenvalue weighted by molar-refractivity contribution is 5.69. The van der Waals surface area contributed by atoms with Gasteiger partial charge in [0.05, 0.1) is 13.2 Å². The molecule has 3 saturated heterocycles. The van der Waals surface area contributed by atoms with Gasteiger partial charge in [0.25, 0.3) is 0 Å². The second kappa shape index (κ2) is 21.2. The van der Waals surface area contributed by atoms with Gasteiger partial charge in [-0.3, -0.25) is 9.59 Å². The smallest absolute Gasteiger partial charge is 0.308 e. The van der Waals surface area contributed by atoms with Crippen molar-refractivity contribution < 1.29 is 88.7 Å². The molecule has 0 aromatic carbocycles. The number of ether oxygens (including phenoxy) is 7. The summed E-state index contributed by atoms with van der Waals surface area (Å²) in [6.07, 6.45) is -18.8. The average Bonchev–Trinajstić information content (AvgIpc) is 3.09. The highest BCUT2D eigenvalue weighted by Gasteiger charge is 2.53. The van der Waals surface area contributed by atoms with Gasteiger partial charge in [0, 0.05) is 12.8 Å². The van der Waals surface area contributed by atoms with Crippen LogP contribution in [0.15, 0.2) is 0 Å². The summed E-state index contributed by atoms with van der Waals surface area (Å²) in [7, 11) is 0. The van der Waals surface area contributed by atoms with Gasteiger partial charge in [-0.25, -0.2) is 0 Å². The average molecular weight is 729 g/mol. The maximum atomic E-state index is 12.7. The minimum absolute atomic E-state index is 0.0371. The molecule has 3 aliphatic rings. The molecule has 0 radical (unpaired) electrons. The van der Waals surface area contributed by atoms with Crippen molar-refractivity contribution in [2.24, 2.45) is 0 Å². The molecule has 9 N–H and O–H groups in total. The lowest BCUT2D eigenvalue weighted by molar-refractivity contribution is -0.367. The molecule has 292 valence electrons. The molecule has 3 rings (SSSR count). The summed E-state index contributed by atoms with van der Waals surface area (Å²) in [6.45, 7) is 2.15. The van der Waals surface area contributed by atoms with Crippen molar-refractivity contribution in [3.8, 4) is 0 Å². The van der Waals surface area contributed by atoms with Crippen LogP contribution in [-0.4, -0.2) is 170 Å². The van der Waals surface area contributed by atoms with E-state index in [1.54, 1.807) is 0 Å². The lowest BCUT2D eigenvalue weighted by Gasteiger charge is -2.46. The van der Waals surface area contributed by atoms with Crippen LogP contribution in [-0.2, 0) is 42.7 Å². The van der Waals surface area contributed by atoms with Gasteiger partial charge >= 0.3 is 11.9 Å². The van der Waals surface area contributed by atoms with E-state index in [-0.39, 0.29) is 12.8 Å². The Labute approximate surface area is 290 Å². The first-order valence-corrected chi connectivity index (χ1v) is 17.5. The molecule has 50 heavy (non-hydrogen) atoms. The van der Waals surface area contributed by atoms with E-state index in [1.165, 1.54) is 0 Å². The summed E-state index contributed by atoms with van der Waals surface area (Å²) in [4.78, 5) is 25.0. The molecule has 0 aliphatic carbocycles. The fourth-order valence-electron chi connectivity index (χ4n) is 5.83. The molecule has 18 heteroatoms. The molecule has 0 spiro atoms. The molecular formula is C32H56O18. The molecule has 0 amide bonds. The fourth-order valence-corrected chi connectivity index (χ4v) is 5.83. The van der Waals surface area contributed by atoms with Gasteiger partial charge in [-0.15, -0.1) is 0 Å². The number of hydrogen-bond acceptors (Lipinski definition) is 18. The van der Waals surface area contributed by atoms with Gasteiger partial charge < -0.3 is 79.1 Å². The van der Waals surface area contributed by atoms with Gasteiger partial charge in [0.1, 0.15) is 73.8 Å². The number of carbonyl (C=O) groups is 2. The summed E-state index contributed by atoms with van der Waals surface area (Å²) in [5, 5.41) is 93.7. The largest absolute Gasteiger partial charge is 0.463 e. The maximum Gasteiger partial charge on any atom is 0.308 e. The first kappa shape index (κ1) is 42.8. The van der Waals surface area contributed by atoms with Crippen LogP contribution < -0.4 is 0 Å². The van der Waals surface area contributed by atoms with Crippen molar-refractivity contribution >= 4 is 11.9 Å². The Morgan fingerprint density at radius 2 is 1.04 bits per heavy atom. The number of rotatable bonds is 19. The molecule has 0 aromatic heterocycles. The molecule has 3 fully saturated rings. The van der Waals surface area contributed by atoms with E-state index < -0.39 is 124 Å². The minimum atomic E-state index is -1.91. The van der Waals surface area contributed by atoms with Crippen LogP contribution in [0.25, 0.3) is 0 Å². The van der Waals surface area contributed by atoms with Gasteiger partial charge in [-0.2, -0.15) is 0 Å². The number of aliphatic hydroxyl groups excluding tert-OH is 9. The van der Waals surface area contributed by atoms with Crippen molar-refractivity contribution in [1.82, 2.24) is 0 Å². The number of aliphatic hydroxyl groups is 9. The third-order valence-electron chi connectivity index (χ3n) is 9.00. The van der Waals surface area contributed by atoms with Crippen molar-refractivity contribution in [2.45, 2.75) is 170 Å². The molecule has 15 atom stereocenters. The summed E-state index contributed by atoms with van der Waals surface area (Å²) in [6, 6.07) is 0. The second-order valence-electron chi connectivity index (χ2n) is 13.0. The zero-order valence-corrected chi connectivity index (χ0v) is 28.6. The van der Waals surface area contributed by atoms with Gasteiger partial charge in [-0.05, 0) is 12.8 Å². The van der Waals surface area contributed by atoms with Crippen molar-refractivity contribution in [1.29, 1.82) is 0 Å². The Balaban J connectivity index is 1.70. The van der Waals surface area contributed by atoms with Crippen LogP contribution >= 0.6 is 0 Å². The zero-order valence-electron chi connectivity index (χ0n) is 28.6. The standard InChI is InChI=1S/C32H56O18/c1-3-5-7-8-10-11-19(34)44-14-17-22(37)25(40)28(43)31(47-17)50-29-26(41)23(38)18(48-32(29)49-20(35)12-9-6-4-2)15-45-30-27(42)24(39)21(36)16(13-33)46-30/h16-18,21-33,36-43H,3-15H2,1-2H3/t16-,17-,18-,21-,22-,23-,24+,25+,26+,27-,28-,29-,30-,31+,32+/m1/s1. The summed E-state index contributed by atoms with van der Waals surface area (Å²) < 4.78 is 38.6. The monoisotopic (exact) mass is 728 g/mol. The SMILES string of the molecule is CCCCCCCC(=O)OC[C@H]1O[C@@H](O[C@H]2[C@H](OC(=O)CCCCC)O[C@H](CO[C@@H]3O[C@H](CO)[C@@H](O)[C@H](O)[C@H]3O)[C@@H](O)[C@@H]2O)[C@H](O)[C@@H](O)[C@@H]1O. The van der Waals surface area contributed by atoms with E-state index in [0.29, 0.717) is 19.3 Å². The lowest BCUT2D eigenvalue weighted by atomic mass is 9.97. The van der Waals surface area contributed by atoms with Gasteiger partial charge in [0.15, 0.2) is 18.7 Å². The Morgan fingerprint density at radius 3 is 1.70 bits per heavy atom. The van der Waals surface area contributed by atoms with Crippen LogP contribution in [0.4, 0.5) is 0 Å². The molecule has 18 nitrogen and oxygen atoms in total. The van der Waals surface area contributed by atoms with E-state index >= 15 is 0 Å². The zero-order chi connectivity index (χ0) is 37.0. The minimum Gasteiger partial charge on any atom is -0.463 e. The van der Waals surface area contributed by atoms with E-state index in [0.717, 1.165) is 32.1 Å². The van der Waals surface area contributed by atoms with E-state index in [4.69, 9.17) is 33.2 Å². The van der Waals surface area contributed by atoms with Gasteiger partial charge in [0.2, 0.25) is 6.29 Å². The third kappa shape index (κ3) is 11.7. The van der Waals surface area contributed by atoms with Crippen molar-refractivity contribution in [2.75, 3.05) is 19.8 Å². The number of hydrogen-bond donors (Lipinski definition) is 9. The second-order valence-corrected chi connectivity index (χ2v) is 13.0. The Morgan fingerprint density at radius 1 is 0.540 bits per heavy atom. The number of carbonyl (C=O) groups excluding carboxylic acids is 2. The quantitative estimate of drug-likeness (QED) is 0.0490. The fraction of sp³-hybridized carbons (Fsp3) is 0.938. The number of unbranched alkanes of at least 4 members (excludes halogenated alkanes) is 6. The summed E-state index contributed by atoms with van der Waals surface area (Å²) in [5.41, 5.74) is 0. The Bertz CT molecular complexity index is 1000. The predicted octanol–water partition coefficient (Wildman–Crippen LogP) is -2.53. The van der Waals surface area contributed by atoms with E-state index in [1.807, 2.05) is 6.92 Å². The highest BCUT2D eigenvalue weighted by atomic mass is 16.8. The van der Waals surface area contributed by atoms with E-state index in [9.17, 15) is 55.5 Å². The first-order valence-electron chi connectivity index (χ1n) is 17.5. The van der Waals surface area contributed by atoms with E-state index in [2.05, 4.69) is 6.92 Å². The number of esters is 2. The molecule has 3 heterocycles. The third-order valence-corrected chi connectivity index (χ3v) is 9.00.